The maximum atomic E-state index is 11.0. The largest absolute Gasteiger partial charge is 0.399 e. The molecule has 0 unspecified atom stereocenters. The Labute approximate surface area is 128 Å². The Morgan fingerprint density at radius 2 is 1.52 bits per heavy atom. The number of carbonyl (C=O) groups excluding carboxylic acids is 1. The number of amides is 1. The number of nitrogen functional groups attached to an aromatic ring is 1. The van der Waals surface area contributed by atoms with Crippen molar-refractivity contribution in [2.75, 3.05) is 21.7 Å². The van der Waals surface area contributed by atoms with E-state index in [2.05, 4.69) is 16.0 Å². The minimum Gasteiger partial charge on any atom is -0.399 e. The molecule has 0 bridgehead atoms. The summed E-state index contributed by atoms with van der Waals surface area (Å²) in [5.74, 6) is -0.116. The van der Waals surface area contributed by atoms with Crippen molar-refractivity contribution in [3.63, 3.8) is 0 Å². The second-order valence-corrected chi connectivity index (χ2v) is 4.87. The van der Waals surface area contributed by atoms with Crippen LogP contribution in [0.25, 0.3) is 0 Å². The molecule has 5 nitrogen and oxygen atoms in total. The number of hydrogen-bond donors (Lipinski definition) is 4. The average molecular weight is 300 g/mol. The number of anilines is 4. The second kappa shape index (κ2) is 6.71. The summed E-state index contributed by atoms with van der Waals surface area (Å²) in [5.41, 5.74) is 8.67. The van der Waals surface area contributed by atoms with Crippen molar-refractivity contribution in [1.82, 2.24) is 0 Å². The highest BCUT2D eigenvalue weighted by Crippen LogP contribution is 2.16. The summed E-state index contributed by atoms with van der Waals surface area (Å²) < 4.78 is 0. The standard InChI is InChI=1S/C15H16N4OS/c1-10(20)17-13-3-2-4-14(9-13)19-15(21)18-12-7-5-11(16)6-8-12/h2-9H,16H2,1H3,(H,17,20)(H2,18,19,21). The quantitative estimate of drug-likeness (QED) is 0.517. The van der Waals surface area contributed by atoms with E-state index in [1.807, 2.05) is 30.3 Å². The van der Waals surface area contributed by atoms with E-state index in [0.29, 0.717) is 16.5 Å². The van der Waals surface area contributed by atoms with E-state index in [1.54, 1.807) is 18.2 Å². The number of carbonyl (C=O) groups is 1. The highest BCUT2D eigenvalue weighted by atomic mass is 32.1. The van der Waals surface area contributed by atoms with E-state index in [4.69, 9.17) is 18.0 Å². The molecule has 6 heteroatoms. The van der Waals surface area contributed by atoms with Gasteiger partial charge in [-0.25, -0.2) is 0 Å². The first-order valence-electron chi connectivity index (χ1n) is 6.34. The van der Waals surface area contributed by atoms with E-state index in [9.17, 15) is 4.79 Å². The fraction of sp³-hybridized carbons (Fsp3) is 0.0667. The number of thiocarbonyl (C=S) groups is 1. The van der Waals surface area contributed by atoms with E-state index >= 15 is 0 Å². The number of nitrogens with two attached hydrogens (primary N) is 1. The first kappa shape index (κ1) is 14.8. The Balaban J connectivity index is 1.99. The van der Waals surface area contributed by atoms with Gasteiger partial charge in [-0.3, -0.25) is 4.79 Å². The van der Waals surface area contributed by atoms with Crippen LogP contribution in [0.4, 0.5) is 22.7 Å². The fourth-order valence-corrected chi connectivity index (χ4v) is 1.97. The van der Waals surface area contributed by atoms with E-state index < -0.39 is 0 Å². The third-order valence-electron chi connectivity index (χ3n) is 2.61. The van der Waals surface area contributed by atoms with Gasteiger partial charge in [0.15, 0.2) is 5.11 Å². The molecule has 0 radical (unpaired) electrons. The second-order valence-electron chi connectivity index (χ2n) is 4.46. The number of hydrogen-bond acceptors (Lipinski definition) is 3. The van der Waals surface area contributed by atoms with Crippen molar-refractivity contribution in [2.45, 2.75) is 6.92 Å². The van der Waals surface area contributed by atoms with Crippen LogP contribution in [-0.4, -0.2) is 11.0 Å². The highest BCUT2D eigenvalue weighted by Gasteiger charge is 2.01. The van der Waals surface area contributed by atoms with Crippen LogP contribution in [0.5, 0.6) is 0 Å². The molecule has 1 amide bonds. The number of benzene rings is 2. The molecule has 0 aliphatic carbocycles. The molecule has 0 aliphatic rings. The third kappa shape index (κ3) is 4.77. The normalized spacial score (nSPS) is 9.76. The van der Waals surface area contributed by atoms with E-state index in [-0.39, 0.29) is 5.91 Å². The lowest BCUT2D eigenvalue weighted by atomic mass is 10.2. The Morgan fingerprint density at radius 3 is 2.14 bits per heavy atom. The summed E-state index contributed by atoms with van der Waals surface area (Å²) in [4.78, 5) is 11.0. The predicted octanol–water partition coefficient (Wildman–Crippen LogP) is 3.04. The van der Waals surface area contributed by atoms with Gasteiger partial charge in [0.25, 0.3) is 0 Å². The Kier molecular flexibility index (Phi) is 4.73. The van der Waals surface area contributed by atoms with Crippen LogP contribution in [0.3, 0.4) is 0 Å². The summed E-state index contributed by atoms with van der Waals surface area (Å²) in [7, 11) is 0. The fourth-order valence-electron chi connectivity index (χ4n) is 1.74. The van der Waals surface area contributed by atoms with Crippen molar-refractivity contribution in [1.29, 1.82) is 0 Å². The molecular weight excluding hydrogens is 284 g/mol. The highest BCUT2D eigenvalue weighted by molar-refractivity contribution is 7.80. The zero-order valence-corrected chi connectivity index (χ0v) is 12.3. The van der Waals surface area contributed by atoms with Crippen LogP contribution >= 0.6 is 12.2 Å². The predicted molar refractivity (Wildman–Crippen MR) is 91.4 cm³/mol. The molecule has 2 aromatic carbocycles. The SMILES string of the molecule is CC(=O)Nc1cccc(NC(=S)Nc2ccc(N)cc2)c1. The Hall–Kier alpha value is -2.60. The smallest absolute Gasteiger partial charge is 0.221 e. The van der Waals surface area contributed by atoms with Crippen molar-refractivity contribution in [3.8, 4) is 0 Å². The molecule has 0 saturated heterocycles. The van der Waals surface area contributed by atoms with E-state index in [1.165, 1.54) is 6.92 Å². The first-order valence-corrected chi connectivity index (χ1v) is 6.75. The molecule has 0 saturated carbocycles. The van der Waals surface area contributed by atoms with Gasteiger partial charge in [-0.2, -0.15) is 0 Å². The Bertz CT molecular complexity index is 655. The van der Waals surface area contributed by atoms with Gasteiger partial charge in [-0.1, -0.05) is 6.07 Å². The molecule has 0 heterocycles. The molecule has 0 fully saturated rings. The lowest BCUT2D eigenvalue weighted by Gasteiger charge is -2.12. The van der Waals surface area contributed by atoms with E-state index in [0.717, 1.165) is 11.4 Å². The summed E-state index contributed by atoms with van der Waals surface area (Å²) >= 11 is 5.24. The van der Waals surface area contributed by atoms with Crippen LogP contribution in [0.1, 0.15) is 6.92 Å². The Morgan fingerprint density at radius 1 is 0.952 bits per heavy atom. The van der Waals surface area contributed by atoms with Gasteiger partial charge in [0.2, 0.25) is 5.91 Å². The molecule has 5 N–H and O–H groups in total. The molecule has 2 aromatic rings. The van der Waals surface area contributed by atoms with Crippen LogP contribution in [0, 0.1) is 0 Å². The third-order valence-corrected chi connectivity index (χ3v) is 2.81. The summed E-state index contributed by atoms with van der Waals surface area (Å²) in [6.45, 7) is 1.47. The van der Waals surface area contributed by atoms with Gasteiger partial charge in [0.05, 0.1) is 0 Å². The van der Waals surface area contributed by atoms with Crippen LogP contribution < -0.4 is 21.7 Å². The maximum Gasteiger partial charge on any atom is 0.221 e. The van der Waals surface area contributed by atoms with Crippen molar-refractivity contribution in [3.05, 3.63) is 48.5 Å². The topological polar surface area (TPSA) is 79.2 Å². The van der Waals surface area contributed by atoms with Gasteiger partial charge < -0.3 is 21.7 Å². The lowest BCUT2D eigenvalue weighted by Crippen LogP contribution is -2.19. The monoisotopic (exact) mass is 300 g/mol. The van der Waals surface area contributed by atoms with Gasteiger partial charge in [-0.05, 0) is 54.7 Å². The summed E-state index contributed by atoms with van der Waals surface area (Å²) in [5, 5.41) is 9.29. The zero-order valence-electron chi connectivity index (χ0n) is 11.5. The van der Waals surface area contributed by atoms with Crippen molar-refractivity contribution >= 4 is 46.0 Å². The molecular formula is C15H16N4OS. The van der Waals surface area contributed by atoms with Crippen molar-refractivity contribution < 1.29 is 4.79 Å². The molecule has 21 heavy (non-hydrogen) atoms. The number of rotatable bonds is 3. The van der Waals surface area contributed by atoms with Gasteiger partial charge >= 0.3 is 0 Å². The first-order chi connectivity index (χ1) is 10.0. The maximum absolute atomic E-state index is 11.0. The van der Waals surface area contributed by atoms with Gasteiger partial charge in [-0.15, -0.1) is 0 Å². The molecule has 0 atom stereocenters. The number of nitrogens with one attached hydrogen (secondary N) is 3. The van der Waals surface area contributed by atoms with Crippen LogP contribution in [0.15, 0.2) is 48.5 Å². The van der Waals surface area contributed by atoms with Crippen LogP contribution in [-0.2, 0) is 4.79 Å². The molecule has 0 spiro atoms. The lowest BCUT2D eigenvalue weighted by molar-refractivity contribution is -0.114. The summed E-state index contributed by atoms with van der Waals surface area (Å²) in [6, 6.07) is 14.6. The minimum atomic E-state index is -0.116. The zero-order chi connectivity index (χ0) is 15.2. The molecule has 108 valence electrons. The average Bonchev–Trinajstić information content (AvgIpc) is 2.41. The van der Waals surface area contributed by atoms with Crippen molar-refractivity contribution in [2.24, 2.45) is 0 Å². The van der Waals surface area contributed by atoms with Gasteiger partial charge in [0, 0.05) is 29.7 Å². The molecule has 0 aromatic heterocycles. The molecule has 2 rings (SSSR count). The minimum absolute atomic E-state index is 0.116. The van der Waals surface area contributed by atoms with Crippen LogP contribution in [0.2, 0.25) is 0 Å². The summed E-state index contributed by atoms with van der Waals surface area (Å²) in [6.07, 6.45) is 0. The van der Waals surface area contributed by atoms with Gasteiger partial charge in [0.1, 0.15) is 0 Å². The molecule has 0 aliphatic heterocycles.